The molecule has 0 fully saturated rings. The molecule has 0 aromatic carbocycles. The van der Waals surface area contributed by atoms with Crippen LogP contribution < -0.4 is 5.32 Å². The molecular formula is C7H12F2N4. The molecular weight excluding hydrogens is 178 g/mol. The van der Waals surface area contributed by atoms with Crippen LogP contribution in [-0.4, -0.2) is 34.0 Å². The normalized spacial score (nSPS) is 13.5. The second-order valence-corrected chi connectivity index (χ2v) is 2.74. The highest BCUT2D eigenvalue weighted by atomic mass is 19.3. The first kappa shape index (κ1) is 10.0. The molecule has 1 heterocycles. The fraction of sp³-hybridized carbons (Fsp3) is 0.714. The van der Waals surface area contributed by atoms with Crippen LogP contribution in [-0.2, 0) is 6.54 Å². The Morgan fingerprint density at radius 1 is 1.54 bits per heavy atom. The Hall–Kier alpha value is -1.04. The third-order valence-corrected chi connectivity index (χ3v) is 1.66. The van der Waals surface area contributed by atoms with Crippen molar-refractivity contribution < 1.29 is 8.78 Å². The summed E-state index contributed by atoms with van der Waals surface area (Å²) in [6.07, 6.45) is 0.918. The first-order valence-electron chi connectivity index (χ1n) is 4.06. The maximum absolute atomic E-state index is 12.0. The molecule has 1 aromatic rings. The van der Waals surface area contributed by atoms with Gasteiger partial charge in [-0.05, 0) is 6.92 Å². The van der Waals surface area contributed by atoms with Gasteiger partial charge in [0.05, 0.1) is 18.8 Å². The molecule has 0 amide bonds. The second kappa shape index (κ2) is 4.86. The number of hydrogen-bond acceptors (Lipinski definition) is 3. The fourth-order valence-corrected chi connectivity index (χ4v) is 0.848. The van der Waals surface area contributed by atoms with Crippen LogP contribution in [0.4, 0.5) is 8.78 Å². The average molecular weight is 190 g/mol. The molecule has 1 atom stereocenters. The van der Waals surface area contributed by atoms with Crippen molar-refractivity contribution >= 4 is 0 Å². The topological polar surface area (TPSA) is 42.7 Å². The van der Waals surface area contributed by atoms with E-state index in [1.165, 1.54) is 6.92 Å². The smallest absolute Gasteiger partial charge is 0.253 e. The first-order valence-corrected chi connectivity index (χ1v) is 4.06. The zero-order valence-corrected chi connectivity index (χ0v) is 7.32. The molecule has 0 radical (unpaired) electrons. The van der Waals surface area contributed by atoms with E-state index in [0.717, 1.165) is 0 Å². The monoisotopic (exact) mass is 190 g/mol. The van der Waals surface area contributed by atoms with Crippen molar-refractivity contribution in [2.45, 2.75) is 25.9 Å². The maximum Gasteiger partial charge on any atom is 0.253 e. The van der Waals surface area contributed by atoms with E-state index >= 15 is 0 Å². The minimum absolute atomic E-state index is 0.467. The lowest BCUT2D eigenvalue weighted by molar-refractivity contribution is 0.106. The number of rotatable bonds is 5. The van der Waals surface area contributed by atoms with Gasteiger partial charge < -0.3 is 5.32 Å². The molecule has 0 aliphatic heterocycles. The molecule has 0 aliphatic carbocycles. The molecule has 0 spiro atoms. The van der Waals surface area contributed by atoms with Crippen LogP contribution in [0.15, 0.2) is 12.4 Å². The van der Waals surface area contributed by atoms with Crippen LogP contribution in [0.3, 0.4) is 0 Å². The van der Waals surface area contributed by atoms with Gasteiger partial charge in [-0.15, -0.1) is 5.10 Å². The van der Waals surface area contributed by atoms with Gasteiger partial charge in [-0.25, -0.2) is 8.78 Å². The van der Waals surface area contributed by atoms with E-state index in [9.17, 15) is 8.78 Å². The number of hydrogen-bond donors (Lipinski definition) is 1. The van der Waals surface area contributed by atoms with Crippen molar-refractivity contribution in [3.8, 4) is 0 Å². The largest absolute Gasteiger partial charge is 0.307 e. The van der Waals surface area contributed by atoms with Gasteiger partial charge in [0.25, 0.3) is 6.43 Å². The minimum Gasteiger partial charge on any atom is -0.307 e. The van der Waals surface area contributed by atoms with E-state index in [-0.39, 0.29) is 0 Å². The summed E-state index contributed by atoms with van der Waals surface area (Å²) in [6.45, 7) is 2.47. The molecule has 1 N–H and O–H groups in total. The standard InChI is InChI=1S/C7H12F2N4/c1-6(7(8)9)10-2-4-13-5-3-11-12-13/h3,5-7,10H,2,4H2,1H3. The molecule has 4 nitrogen and oxygen atoms in total. The number of alkyl halides is 2. The van der Waals surface area contributed by atoms with Crippen molar-refractivity contribution in [3.05, 3.63) is 12.4 Å². The summed E-state index contributed by atoms with van der Waals surface area (Å²) in [4.78, 5) is 0. The van der Waals surface area contributed by atoms with Crippen LogP contribution in [0.25, 0.3) is 0 Å². The van der Waals surface area contributed by atoms with E-state index < -0.39 is 12.5 Å². The van der Waals surface area contributed by atoms with E-state index in [1.807, 2.05) is 0 Å². The number of nitrogens with zero attached hydrogens (tertiary/aromatic N) is 3. The van der Waals surface area contributed by atoms with Gasteiger partial charge in [0.2, 0.25) is 0 Å². The van der Waals surface area contributed by atoms with E-state index in [0.29, 0.717) is 13.1 Å². The molecule has 1 rings (SSSR count). The predicted molar refractivity (Wildman–Crippen MR) is 43.5 cm³/mol. The summed E-state index contributed by atoms with van der Waals surface area (Å²) >= 11 is 0. The average Bonchev–Trinajstić information content (AvgIpc) is 2.56. The predicted octanol–water partition coefficient (Wildman–Crippen LogP) is 0.521. The zero-order valence-electron chi connectivity index (χ0n) is 7.32. The Morgan fingerprint density at radius 3 is 2.85 bits per heavy atom. The van der Waals surface area contributed by atoms with Gasteiger partial charge in [0.15, 0.2) is 0 Å². The molecule has 13 heavy (non-hydrogen) atoms. The molecule has 0 saturated carbocycles. The summed E-state index contributed by atoms with van der Waals surface area (Å²) in [7, 11) is 0. The van der Waals surface area contributed by atoms with Crippen LogP contribution in [0, 0.1) is 0 Å². The molecule has 1 unspecified atom stereocenters. The Balaban J connectivity index is 2.14. The number of halogens is 2. The summed E-state index contributed by atoms with van der Waals surface area (Å²) in [5.74, 6) is 0. The van der Waals surface area contributed by atoms with Crippen molar-refractivity contribution in [2.75, 3.05) is 6.54 Å². The highest BCUT2D eigenvalue weighted by Gasteiger charge is 2.12. The molecule has 74 valence electrons. The van der Waals surface area contributed by atoms with Crippen molar-refractivity contribution in [2.24, 2.45) is 0 Å². The Labute approximate surface area is 74.9 Å². The third-order valence-electron chi connectivity index (χ3n) is 1.66. The van der Waals surface area contributed by atoms with Crippen molar-refractivity contribution in [1.82, 2.24) is 20.3 Å². The lowest BCUT2D eigenvalue weighted by Crippen LogP contribution is -2.34. The lowest BCUT2D eigenvalue weighted by Gasteiger charge is -2.11. The van der Waals surface area contributed by atoms with E-state index in [2.05, 4.69) is 15.6 Å². The van der Waals surface area contributed by atoms with Gasteiger partial charge >= 0.3 is 0 Å². The van der Waals surface area contributed by atoms with E-state index in [1.54, 1.807) is 17.1 Å². The summed E-state index contributed by atoms with van der Waals surface area (Å²) < 4.78 is 25.6. The third kappa shape index (κ3) is 3.45. The summed E-state index contributed by atoms with van der Waals surface area (Å²) in [6, 6.07) is -0.775. The molecule has 0 saturated heterocycles. The first-order chi connectivity index (χ1) is 6.20. The van der Waals surface area contributed by atoms with Crippen LogP contribution >= 0.6 is 0 Å². The summed E-state index contributed by atoms with van der Waals surface area (Å²) in [5, 5.41) is 9.97. The fourth-order valence-electron chi connectivity index (χ4n) is 0.848. The van der Waals surface area contributed by atoms with E-state index in [4.69, 9.17) is 0 Å². The van der Waals surface area contributed by atoms with Gasteiger partial charge in [0, 0.05) is 12.7 Å². The summed E-state index contributed by atoms with van der Waals surface area (Å²) in [5.41, 5.74) is 0. The molecule has 0 bridgehead atoms. The van der Waals surface area contributed by atoms with Crippen molar-refractivity contribution in [1.29, 1.82) is 0 Å². The molecule has 6 heteroatoms. The van der Waals surface area contributed by atoms with Gasteiger partial charge in [-0.2, -0.15) is 0 Å². The maximum atomic E-state index is 12.0. The Kier molecular flexibility index (Phi) is 3.75. The quantitative estimate of drug-likeness (QED) is 0.736. The zero-order chi connectivity index (χ0) is 9.68. The number of aromatic nitrogens is 3. The molecule has 1 aromatic heterocycles. The highest BCUT2D eigenvalue weighted by molar-refractivity contribution is 4.66. The number of nitrogens with one attached hydrogen (secondary N) is 1. The SMILES string of the molecule is CC(NCCn1ccnn1)C(F)F. The van der Waals surface area contributed by atoms with Crippen molar-refractivity contribution in [3.63, 3.8) is 0 Å². The van der Waals surface area contributed by atoms with Crippen LogP contribution in [0.2, 0.25) is 0 Å². The van der Waals surface area contributed by atoms with Gasteiger partial charge in [-0.3, -0.25) is 4.68 Å². The Morgan fingerprint density at radius 2 is 2.31 bits per heavy atom. The molecule has 0 aliphatic rings. The van der Waals surface area contributed by atoms with Crippen LogP contribution in [0.1, 0.15) is 6.92 Å². The Bertz CT molecular complexity index is 224. The highest BCUT2D eigenvalue weighted by Crippen LogP contribution is 1.98. The van der Waals surface area contributed by atoms with Gasteiger partial charge in [0.1, 0.15) is 0 Å². The van der Waals surface area contributed by atoms with Gasteiger partial charge in [-0.1, -0.05) is 5.21 Å². The van der Waals surface area contributed by atoms with Crippen LogP contribution in [0.5, 0.6) is 0 Å². The minimum atomic E-state index is -2.32. The lowest BCUT2D eigenvalue weighted by atomic mass is 10.3. The second-order valence-electron chi connectivity index (χ2n) is 2.74.